The molecule has 0 radical (unpaired) electrons. The largest absolute Gasteiger partial charge is 0.417 e. The molecule has 7 atom stereocenters. The lowest BCUT2D eigenvalue weighted by atomic mass is 9.49. The summed E-state index contributed by atoms with van der Waals surface area (Å²) in [7, 11) is -5.65. The molecular weight excluding hydrogens is 589 g/mol. The molecular formula is C38H74O3Si3. The molecule has 3 nitrogen and oxygen atoms in total. The van der Waals surface area contributed by atoms with Gasteiger partial charge in [-0.05, 0) is 127 Å². The highest BCUT2D eigenvalue weighted by atomic mass is 28.4. The fourth-order valence-electron chi connectivity index (χ4n) is 7.61. The summed E-state index contributed by atoms with van der Waals surface area (Å²) in [5.41, 5.74) is 1.67. The predicted molar refractivity (Wildman–Crippen MR) is 200 cm³/mol. The van der Waals surface area contributed by atoms with Crippen molar-refractivity contribution in [3.63, 3.8) is 0 Å². The van der Waals surface area contributed by atoms with E-state index in [1.807, 2.05) is 0 Å². The standard InChI is InChI=1S/C38H74O3Si3/c1-28-19-20-32-31(27-40-43(15,16)35(5,6)7)33(22-24-37(28,32)11)38(12)23-21-30(41-44(17,18)36(8,9)10)25-29(38)26-39-42(13,14)34(2,3)4/h19-20,29-33H,1,21-27H2,2-18H3/t29-,30+,31+,32+,33+,37-,38+/m1/s1. The third kappa shape index (κ3) is 7.51. The topological polar surface area (TPSA) is 27.7 Å². The summed E-state index contributed by atoms with van der Waals surface area (Å²) in [6.07, 6.45) is 11.2. The van der Waals surface area contributed by atoms with E-state index in [2.05, 4.69) is 134 Å². The Morgan fingerprint density at radius 3 is 1.75 bits per heavy atom. The summed E-state index contributed by atoms with van der Waals surface area (Å²) >= 11 is 0. The Morgan fingerprint density at radius 2 is 1.25 bits per heavy atom. The quantitative estimate of drug-likeness (QED) is 0.230. The van der Waals surface area contributed by atoms with Crippen LogP contribution in [0.1, 0.15) is 108 Å². The van der Waals surface area contributed by atoms with Gasteiger partial charge in [0.05, 0.1) is 0 Å². The molecule has 0 bridgehead atoms. The van der Waals surface area contributed by atoms with Crippen LogP contribution in [0.5, 0.6) is 0 Å². The van der Waals surface area contributed by atoms with E-state index in [1.165, 1.54) is 24.8 Å². The van der Waals surface area contributed by atoms with Gasteiger partial charge in [0.2, 0.25) is 0 Å². The van der Waals surface area contributed by atoms with Crippen LogP contribution in [-0.2, 0) is 13.3 Å². The van der Waals surface area contributed by atoms with Crippen LogP contribution >= 0.6 is 0 Å². The van der Waals surface area contributed by atoms with Gasteiger partial charge >= 0.3 is 0 Å². The first kappa shape index (κ1) is 38.5. The zero-order chi connectivity index (χ0) is 33.9. The first-order valence-electron chi connectivity index (χ1n) is 17.9. The Labute approximate surface area is 278 Å². The maximum atomic E-state index is 7.16. The molecule has 0 unspecified atom stereocenters. The van der Waals surface area contributed by atoms with E-state index in [1.54, 1.807) is 0 Å². The van der Waals surface area contributed by atoms with Gasteiger partial charge in [-0.25, -0.2) is 0 Å². The summed E-state index contributed by atoms with van der Waals surface area (Å²) in [6.45, 7) is 47.3. The van der Waals surface area contributed by atoms with Crippen LogP contribution in [0, 0.1) is 34.5 Å². The van der Waals surface area contributed by atoms with Crippen LogP contribution in [-0.4, -0.2) is 44.3 Å². The summed E-state index contributed by atoms with van der Waals surface area (Å²) in [6, 6.07) is 0. The van der Waals surface area contributed by atoms with Crippen LogP contribution in [0.15, 0.2) is 24.3 Å². The van der Waals surface area contributed by atoms with E-state index in [0.29, 0.717) is 29.8 Å². The Hall–Kier alpha value is 0.0106. The molecule has 256 valence electrons. The molecule has 0 aromatic heterocycles. The minimum absolute atomic E-state index is 0.157. The maximum Gasteiger partial charge on any atom is 0.192 e. The third-order valence-corrected chi connectivity index (χ3v) is 28.0. The van der Waals surface area contributed by atoms with Crippen molar-refractivity contribution in [2.24, 2.45) is 34.5 Å². The van der Waals surface area contributed by atoms with Crippen molar-refractivity contribution in [1.82, 2.24) is 0 Å². The van der Waals surface area contributed by atoms with Crippen molar-refractivity contribution < 1.29 is 13.3 Å². The Balaban J connectivity index is 2.01. The van der Waals surface area contributed by atoms with Gasteiger partial charge in [-0.1, -0.05) is 94.9 Å². The number of fused-ring (bicyclic) bond motifs is 1. The zero-order valence-corrected chi connectivity index (χ0v) is 35.4. The minimum Gasteiger partial charge on any atom is -0.417 e. The van der Waals surface area contributed by atoms with E-state index in [0.717, 1.165) is 26.1 Å². The predicted octanol–water partition coefficient (Wildman–Crippen LogP) is 12.0. The molecule has 3 aliphatic rings. The highest BCUT2D eigenvalue weighted by molar-refractivity contribution is 6.74. The second-order valence-electron chi connectivity index (χ2n) is 20.3. The van der Waals surface area contributed by atoms with Gasteiger partial charge in [0, 0.05) is 19.3 Å². The van der Waals surface area contributed by atoms with Gasteiger partial charge < -0.3 is 13.3 Å². The molecule has 0 aromatic rings. The molecule has 6 heteroatoms. The van der Waals surface area contributed by atoms with Gasteiger partial charge in [0.25, 0.3) is 0 Å². The van der Waals surface area contributed by atoms with Crippen molar-refractivity contribution >= 4 is 25.0 Å². The van der Waals surface area contributed by atoms with Gasteiger partial charge in [-0.2, -0.15) is 0 Å². The average molecular weight is 663 g/mol. The van der Waals surface area contributed by atoms with E-state index in [9.17, 15) is 0 Å². The van der Waals surface area contributed by atoms with Crippen LogP contribution in [0.2, 0.25) is 54.4 Å². The second-order valence-corrected chi connectivity index (χ2v) is 34.6. The monoisotopic (exact) mass is 662 g/mol. The third-order valence-electron chi connectivity index (χ3n) is 14.4. The van der Waals surface area contributed by atoms with E-state index >= 15 is 0 Å². The molecule has 0 aromatic carbocycles. The molecule has 0 spiro atoms. The Kier molecular flexibility index (Phi) is 10.9. The molecule has 0 aliphatic heterocycles. The maximum absolute atomic E-state index is 7.16. The second kappa shape index (κ2) is 12.5. The van der Waals surface area contributed by atoms with Gasteiger partial charge in [0.1, 0.15) is 0 Å². The lowest BCUT2D eigenvalue weighted by Crippen LogP contribution is -2.55. The smallest absolute Gasteiger partial charge is 0.192 e. The fourth-order valence-corrected chi connectivity index (χ4v) is 11.1. The molecule has 0 N–H and O–H groups in total. The summed E-state index contributed by atoms with van der Waals surface area (Å²) in [4.78, 5) is 0. The highest BCUT2D eigenvalue weighted by Gasteiger charge is 2.57. The first-order valence-corrected chi connectivity index (χ1v) is 26.6. The molecule has 44 heavy (non-hydrogen) atoms. The van der Waals surface area contributed by atoms with E-state index in [-0.39, 0.29) is 25.9 Å². The van der Waals surface area contributed by atoms with Crippen molar-refractivity contribution in [2.45, 2.75) is 169 Å². The lowest BCUT2D eigenvalue weighted by Gasteiger charge is -2.58. The van der Waals surface area contributed by atoms with Gasteiger partial charge in [-0.15, -0.1) is 0 Å². The number of rotatable bonds is 9. The van der Waals surface area contributed by atoms with Crippen LogP contribution in [0.25, 0.3) is 0 Å². The molecule has 0 saturated heterocycles. The van der Waals surface area contributed by atoms with Crippen LogP contribution in [0.3, 0.4) is 0 Å². The number of hydrogen-bond donors (Lipinski definition) is 0. The van der Waals surface area contributed by atoms with Crippen molar-refractivity contribution in [1.29, 1.82) is 0 Å². The molecule has 0 heterocycles. The molecule has 2 saturated carbocycles. The Morgan fingerprint density at radius 1 is 0.750 bits per heavy atom. The summed E-state index contributed by atoms with van der Waals surface area (Å²) < 4.78 is 21.4. The van der Waals surface area contributed by atoms with Crippen molar-refractivity contribution in [2.75, 3.05) is 13.2 Å². The Bertz CT molecular complexity index is 1060. The van der Waals surface area contributed by atoms with Crippen LogP contribution in [0.4, 0.5) is 0 Å². The van der Waals surface area contributed by atoms with E-state index in [4.69, 9.17) is 13.3 Å². The highest BCUT2D eigenvalue weighted by Crippen LogP contribution is 2.62. The van der Waals surface area contributed by atoms with Crippen molar-refractivity contribution in [3.8, 4) is 0 Å². The van der Waals surface area contributed by atoms with Crippen LogP contribution < -0.4 is 0 Å². The average Bonchev–Trinajstić information content (AvgIpc) is 3.15. The number of hydrogen-bond acceptors (Lipinski definition) is 3. The molecule has 0 amide bonds. The molecule has 2 fully saturated rings. The normalized spacial score (nSPS) is 34.4. The SMILES string of the molecule is C=C1C=C[C@H]2[C@H](CO[Si](C)(C)C(C)(C)C)[C@@H]([C@@]3(C)CC[C@H](O[Si](C)(C)C(C)(C)C)C[C@@H]3CO[Si](C)(C)C(C)(C)C)CC[C@]12C. The van der Waals surface area contributed by atoms with E-state index < -0.39 is 25.0 Å². The van der Waals surface area contributed by atoms with Gasteiger partial charge in [0.15, 0.2) is 25.0 Å². The summed E-state index contributed by atoms with van der Waals surface area (Å²) in [5, 5.41) is 0.632. The summed E-state index contributed by atoms with van der Waals surface area (Å²) in [5.74, 6) is 2.08. The minimum atomic E-state index is -1.89. The zero-order valence-electron chi connectivity index (χ0n) is 32.4. The molecule has 3 aliphatic carbocycles. The lowest BCUT2D eigenvalue weighted by molar-refractivity contribution is -0.0938. The fraction of sp³-hybridized carbons (Fsp3) is 0.895. The number of allylic oxidation sites excluding steroid dienone is 3. The molecule has 3 rings (SSSR count). The van der Waals surface area contributed by atoms with Crippen molar-refractivity contribution in [3.05, 3.63) is 24.3 Å². The first-order chi connectivity index (χ1) is 19.6. The van der Waals surface area contributed by atoms with Gasteiger partial charge in [-0.3, -0.25) is 0 Å².